The summed E-state index contributed by atoms with van der Waals surface area (Å²) in [6.07, 6.45) is 0. The number of ether oxygens (including phenoxy) is 3. The average Bonchev–Trinajstić information content (AvgIpc) is 2.87. The molecule has 1 N–H and O–H groups in total. The Morgan fingerprint density at radius 1 is 0.971 bits per heavy atom. The van der Waals surface area contributed by atoms with Crippen LogP contribution in [-0.2, 0) is 14.8 Å². The molecule has 1 aliphatic rings. The van der Waals surface area contributed by atoms with Gasteiger partial charge in [0.1, 0.15) is 32.1 Å². The van der Waals surface area contributed by atoms with Crippen molar-refractivity contribution in [2.45, 2.75) is 18.7 Å². The van der Waals surface area contributed by atoms with Gasteiger partial charge >= 0.3 is 0 Å². The van der Waals surface area contributed by atoms with E-state index in [9.17, 15) is 13.2 Å². The zero-order valence-electron chi connectivity index (χ0n) is 19.7. The molecule has 1 amide bonds. The van der Waals surface area contributed by atoms with Crippen molar-refractivity contribution < 1.29 is 27.4 Å². The molecule has 0 fully saturated rings. The van der Waals surface area contributed by atoms with Crippen molar-refractivity contribution in [3.8, 4) is 17.2 Å². The van der Waals surface area contributed by atoms with E-state index in [1.807, 2.05) is 32.0 Å². The number of hydrogen-bond acceptors (Lipinski definition) is 6. The highest BCUT2D eigenvalue weighted by Crippen LogP contribution is 2.35. The Labute approximate surface area is 205 Å². The Balaban J connectivity index is 1.48. The number of fused-ring (bicyclic) bond motifs is 1. The third-order valence-corrected chi connectivity index (χ3v) is 7.25. The zero-order chi connectivity index (χ0) is 24.8. The molecule has 0 saturated heterocycles. The van der Waals surface area contributed by atoms with Crippen molar-refractivity contribution in [1.82, 2.24) is 5.32 Å². The first-order valence-electron chi connectivity index (χ1n) is 11.3. The number of benzene rings is 3. The van der Waals surface area contributed by atoms with Gasteiger partial charge in [0.25, 0.3) is 10.0 Å². The molecule has 184 valence electrons. The lowest BCUT2D eigenvalue weighted by molar-refractivity contribution is -0.119. The van der Waals surface area contributed by atoms with Crippen LogP contribution in [0.2, 0.25) is 0 Å². The molecule has 9 heteroatoms. The highest BCUT2D eigenvalue weighted by molar-refractivity contribution is 7.92. The molecule has 0 saturated carbocycles. The van der Waals surface area contributed by atoms with Gasteiger partial charge in [-0.1, -0.05) is 30.3 Å². The molecule has 0 aromatic heterocycles. The highest BCUT2D eigenvalue weighted by Gasteiger charge is 2.28. The highest BCUT2D eigenvalue weighted by atomic mass is 32.2. The third kappa shape index (κ3) is 5.86. The van der Waals surface area contributed by atoms with Crippen molar-refractivity contribution in [1.29, 1.82) is 0 Å². The van der Waals surface area contributed by atoms with E-state index in [-0.39, 0.29) is 18.0 Å². The molecule has 0 unspecified atom stereocenters. The van der Waals surface area contributed by atoms with Crippen LogP contribution in [0.4, 0.5) is 5.69 Å². The molecule has 0 atom stereocenters. The number of carbonyl (C=O) groups excluding carboxylic acids is 1. The maximum atomic E-state index is 13.5. The second-order valence-corrected chi connectivity index (χ2v) is 9.98. The van der Waals surface area contributed by atoms with Crippen LogP contribution in [0.15, 0.2) is 71.6 Å². The maximum Gasteiger partial charge on any atom is 0.264 e. The lowest BCUT2D eigenvalue weighted by atomic mass is 10.1. The number of sulfonamides is 1. The summed E-state index contributed by atoms with van der Waals surface area (Å²) < 4.78 is 44.9. The molecule has 1 heterocycles. The van der Waals surface area contributed by atoms with E-state index >= 15 is 0 Å². The minimum atomic E-state index is -4.01. The van der Waals surface area contributed by atoms with Crippen LogP contribution in [-0.4, -0.2) is 47.2 Å². The van der Waals surface area contributed by atoms with Gasteiger partial charge in [-0.3, -0.25) is 9.10 Å². The second-order valence-electron chi connectivity index (χ2n) is 8.12. The van der Waals surface area contributed by atoms with Crippen molar-refractivity contribution >= 4 is 21.6 Å². The monoisotopic (exact) mass is 496 g/mol. The summed E-state index contributed by atoms with van der Waals surface area (Å²) in [6, 6.07) is 18.7. The first-order chi connectivity index (χ1) is 16.8. The summed E-state index contributed by atoms with van der Waals surface area (Å²) in [5, 5.41) is 2.75. The Bertz CT molecular complexity index is 1290. The number of rotatable bonds is 9. The second kappa shape index (κ2) is 10.7. The minimum Gasteiger partial charge on any atom is -0.491 e. The van der Waals surface area contributed by atoms with E-state index in [1.165, 1.54) is 12.1 Å². The van der Waals surface area contributed by atoms with Gasteiger partial charge in [-0.15, -0.1) is 0 Å². The maximum absolute atomic E-state index is 13.5. The van der Waals surface area contributed by atoms with E-state index in [2.05, 4.69) is 5.32 Å². The minimum absolute atomic E-state index is 0.0842. The van der Waals surface area contributed by atoms with Crippen LogP contribution in [0.5, 0.6) is 17.2 Å². The summed E-state index contributed by atoms with van der Waals surface area (Å²) in [6.45, 7) is 4.80. The fourth-order valence-corrected chi connectivity index (χ4v) is 5.06. The van der Waals surface area contributed by atoms with E-state index in [4.69, 9.17) is 14.2 Å². The predicted octanol–water partition coefficient (Wildman–Crippen LogP) is 3.47. The molecule has 4 rings (SSSR count). The first kappa shape index (κ1) is 24.4. The summed E-state index contributed by atoms with van der Waals surface area (Å²) in [7, 11) is -4.01. The number of aryl methyl sites for hydroxylation is 2. The van der Waals surface area contributed by atoms with E-state index in [0.717, 1.165) is 21.2 Å². The van der Waals surface area contributed by atoms with Crippen molar-refractivity contribution in [3.63, 3.8) is 0 Å². The smallest absolute Gasteiger partial charge is 0.264 e. The molecule has 35 heavy (non-hydrogen) atoms. The van der Waals surface area contributed by atoms with Crippen LogP contribution < -0.4 is 23.8 Å². The molecule has 8 nitrogen and oxygen atoms in total. The van der Waals surface area contributed by atoms with Gasteiger partial charge in [0.2, 0.25) is 5.91 Å². The Kier molecular flexibility index (Phi) is 7.45. The van der Waals surface area contributed by atoms with Crippen molar-refractivity contribution in [2.24, 2.45) is 0 Å². The van der Waals surface area contributed by atoms with Gasteiger partial charge in [0, 0.05) is 6.07 Å². The molecule has 3 aromatic carbocycles. The predicted molar refractivity (Wildman–Crippen MR) is 133 cm³/mol. The van der Waals surface area contributed by atoms with Crippen LogP contribution in [0.3, 0.4) is 0 Å². The van der Waals surface area contributed by atoms with Crippen LogP contribution in [0, 0.1) is 13.8 Å². The van der Waals surface area contributed by atoms with Gasteiger partial charge in [0.15, 0.2) is 11.5 Å². The van der Waals surface area contributed by atoms with Gasteiger partial charge < -0.3 is 19.5 Å². The number of carbonyl (C=O) groups is 1. The Morgan fingerprint density at radius 3 is 2.49 bits per heavy atom. The molecule has 0 aliphatic carbocycles. The lowest BCUT2D eigenvalue weighted by Gasteiger charge is -2.26. The fourth-order valence-electron chi connectivity index (χ4n) is 3.62. The molecule has 0 bridgehead atoms. The van der Waals surface area contributed by atoms with Gasteiger partial charge in [-0.25, -0.2) is 8.42 Å². The SMILES string of the molecule is Cc1ccc(C)c(OCCNC(=O)CN(c2ccc3c(c2)OCCO3)S(=O)(=O)c2ccccc2)c1. The van der Waals surface area contributed by atoms with E-state index in [1.54, 1.807) is 36.4 Å². The van der Waals surface area contributed by atoms with E-state index < -0.39 is 22.5 Å². The number of amides is 1. The summed E-state index contributed by atoms with van der Waals surface area (Å²) in [4.78, 5) is 12.9. The first-order valence-corrected chi connectivity index (χ1v) is 12.7. The summed E-state index contributed by atoms with van der Waals surface area (Å²) in [5.74, 6) is 1.27. The summed E-state index contributed by atoms with van der Waals surface area (Å²) in [5.41, 5.74) is 2.39. The van der Waals surface area contributed by atoms with Gasteiger partial charge in [-0.05, 0) is 55.3 Å². The lowest BCUT2D eigenvalue weighted by Crippen LogP contribution is -2.42. The van der Waals surface area contributed by atoms with Crippen molar-refractivity contribution in [3.05, 3.63) is 77.9 Å². The van der Waals surface area contributed by atoms with Gasteiger partial charge in [-0.2, -0.15) is 0 Å². The third-order valence-electron chi connectivity index (χ3n) is 5.46. The molecule has 0 spiro atoms. The van der Waals surface area contributed by atoms with E-state index in [0.29, 0.717) is 30.4 Å². The number of anilines is 1. The molecule has 0 radical (unpaired) electrons. The van der Waals surface area contributed by atoms with Crippen LogP contribution >= 0.6 is 0 Å². The van der Waals surface area contributed by atoms with Crippen molar-refractivity contribution in [2.75, 3.05) is 37.2 Å². The Hall–Kier alpha value is -3.72. The number of nitrogens with zero attached hydrogens (tertiary/aromatic N) is 1. The quantitative estimate of drug-likeness (QED) is 0.456. The normalized spacial score (nSPS) is 12.6. The topological polar surface area (TPSA) is 94.2 Å². The van der Waals surface area contributed by atoms with Gasteiger partial charge in [0.05, 0.1) is 17.1 Å². The Morgan fingerprint density at radius 2 is 1.71 bits per heavy atom. The zero-order valence-corrected chi connectivity index (χ0v) is 20.5. The molecular weight excluding hydrogens is 468 g/mol. The number of nitrogens with one attached hydrogen (secondary N) is 1. The number of hydrogen-bond donors (Lipinski definition) is 1. The summed E-state index contributed by atoms with van der Waals surface area (Å²) >= 11 is 0. The van der Waals surface area contributed by atoms with Crippen LogP contribution in [0.1, 0.15) is 11.1 Å². The molecule has 3 aromatic rings. The molecule has 1 aliphatic heterocycles. The average molecular weight is 497 g/mol. The molecular formula is C26H28N2O6S. The fraction of sp³-hybridized carbons (Fsp3) is 0.269. The largest absolute Gasteiger partial charge is 0.491 e. The standard InChI is InChI=1S/C26H28N2O6S/c1-19-8-9-20(2)24(16-19)32-13-12-27-26(29)18-28(35(30,31)22-6-4-3-5-7-22)21-10-11-23-25(17-21)34-15-14-33-23/h3-11,16-17H,12-15,18H2,1-2H3,(H,27,29). The van der Waals surface area contributed by atoms with Crippen LogP contribution in [0.25, 0.3) is 0 Å².